The second-order valence-corrected chi connectivity index (χ2v) is 8.26. The van der Waals surface area contributed by atoms with Crippen LogP contribution in [0.2, 0.25) is 10.0 Å². The molecule has 142 valence electrons. The van der Waals surface area contributed by atoms with Crippen LogP contribution in [0, 0.1) is 0 Å². The van der Waals surface area contributed by atoms with E-state index in [-0.39, 0.29) is 18.5 Å². The van der Waals surface area contributed by atoms with Crippen molar-refractivity contribution >= 4 is 52.6 Å². The van der Waals surface area contributed by atoms with Crippen molar-refractivity contribution in [3.8, 4) is 0 Å². The lowest BCUT2D eigenvalue weighted by molar-refractivity contribution is -0.129. The number of anilines is 1. The average molecular weight is 417 g/mol. The van der Waals surface area contributed by atoms with Gasteiger partial charge in [-0.2, -0.15) is 11.8 Å². The maximum atomic E-state index is 12.3. The van der Waals surface area contributed by atoms with Gasteiger partial charge < -0.3 is 20.0 Å². The van der Waals surface area contributed by atoms with Crippen LogP contribution in [0.15, 0.2) is 18.2 Å². The molecule has 0 spiro atoms. The number of thioether (sulfide) groups is 1. The van der Waals surface area contributed by atoms with E-state index in [4.69, 9.17) is 23.2 Å². The van der Waals surface area contributed by atoms with Crippen molar-refractivity contribution in [1.29, 1.82) is 0 Å². The summed E-state index contributed by atoms with van der Waals surface area (Å²) in [6, 6.07) is 5.37. The van der Waals surface area contributed by atoms with Gasteiger partial charge in [-0.25, -0.2) is 4.79 Å². The van der Waals surface area contributed by atoms with Crippen molar-refractivity contribution in [2.24, 2.45) is 0 Å². The number of carbonyl (C=O) groups is 2. The number of hydrogen-bond acceptors (Lipinski definition) is 4. The Kier molecular flexibility index (Phi) is 6.78. The quantitative estimate of drug-likeness (QED) is 0.821. The van der Waals surface area contributed by atoms with Gasteiger partial charge >= 0.3 is 6.03 Å². The summed E-state index contributed by atoms with van der Waals surface area (Å²) < 4.78 is 0. The van der Waals surface area contributed by atoms with Crippen molar-refractivity contribution < 1.29 is 9.59 Å². The summed E-state index contributed by atoms with van der Waals surface area (Å²) in [4.78, 5) is 30.2. The van der Waals surface area contributed by atoms with Crippen LogP contribution in [0.3, 0.4) is 0 Å². The Morgan fingerprint density at radius 3 is 2.31 bits per heavy atom. The molecule has 0 atom stereocenters. The highest BCUT2D eigenvalue weighted by molar-refractivity contribution is 7.99. The Bertz CT molecular complexity index is 662. The van der Waals surface area contributed by atoms with E-state index in [0.717, 1.165) is 30.3 Å². The van der Waals surface area contributed by atoms with Crippen molar-refractivity contribution in [3.05, 3.63) is 28.2 Å². The van der Waals surface area contributed by atoms with E-state index in [1.54, 1.807) is 11.0 Å². The van der Waals surface area contributed by atoms with Crippen LogP contribution in [0.4, 0.5) is 10.5 Å². The van der Waals surface area contributed by atoms with E-state index in [1.807, 2.05) is 28.8 Å². The topological polar surface area (TPSA) is 55.9 Å². The number of nitrogens with one attached hydrogen (secondary N) is 1. The number of urea groups is 1. The second kappa shape index (κ2) is 9.06. The number of nitrogens with zero attached hydrogens (tertiary/aromatic N) is 3. The molecule has 6 nitrogen and oxygen atoms in total. The predicted octanol–water partition coefficient (Wildman–Crippen LogP) is 2.40. The van der Waals surface area contributed by atoms with E-state index in [2.05, 4.69) is 10.2 Å². The number of piperazine rings is 1. The van der Waals surface area contributed by atoms with E-state index in [9.17, 15) is 9.59 Å². The number of halogens is 2. The van der Waals surface area contributed by atoms with Crippen LogP contribution in [-0.2, 0) is 4.79 Å². The Hall–Kier alpha value is -1.31. The highest BCUT2D eigenvalue weighted by Gasteiger charge is 2.23. The van der Waals surface area contributed by atoms with Crippen LogP contribution in [0.25, 0.3) is 0 Å². The SMILES string of the molecule is O=C(CNC(=O)N1CCN(c2ccc(Cl)c(Cl)c2)CC1)N1CCSCC1. The zero-order valence-electron chi connectivity index (χ0n) is 14.4. The molecule has 2 heterocycles. The van der Waals surface area contributed by atoms with Crippen LogP contribution in [0.1, 0.15) is 0 Å². The van der Waals surface area contributed by atoms with Gasteiger partial charge in [0.2, 0.25) is 5.91 Å². The molecule has 1 N–H and O–H groups in total. The van der Waals surface area contributed by atoms with Gasteiger partial charge in [-0.15, -0.1) is 0 Å². The Labute approximate surface area is 167 Å². The number of carbonyl (C=O) groups excluding carboxylic acids is 2. The van der Waals surface area contributed by atoms with Crippen molar-refractivity contribution in [2.75, 3.05) is 62.2 Å². The van der Waals surface area contributed by atoms with Gasteiger partial charge in [-0.3, -0.25) is 4.79 Å². The van der Waals surface area contributed by atoms with E-state index in [1.165, 1.54) is 0 Å². The highest BCUT2D eigenvalue weighted by Crippen LogP contribution is 2.27. The number of hydrogen-bond donors (Lipinski definition) is 1. The summed E-state index contributed by atoms with van der Waals surface area (Å²) in [6.45, 7) is 4.21. The summed E-state index contributed by atoms with van der Waals surface area (Å²) in [5.41, 5.74) is 0.998. The molecule has 1 aromatic rings. The third-order valence-corrected chi connectivity index (χ3v) is 6.27. The first-order valence-electron chi connectivity index (χ1n) is 8.63. The van der Waals surface area contributed by atoms with Crippen molar-refractivity contribution in [2.45, 2.75) is 0 Å². The maximum Gasteiger partial charge on any atom is 0.317 e. The van der Waals surface area contributed by atoms with E-state index >= 15 is 0 Å². The summed E-state index contributed by atoms with van der Waals surface area (Å²) >= 11 is 13.9. The first-order valence-corrected chi connectivity index (χ1v) is 10.5. The molecular formula is C17H22Cl2N4O2S. The fraction of sp³-hybridized carbons (Fsp3) is 0.529. The van der Waals surface area contributed by atoms with E-state index < -0.39 is 0 Å². The van der Waals surface area contributed by atoms with Crippen molar-refractivity contribution in [3.63, 3.8) is 0 Å². The van der Waals surface area contributed by atoms with Gasteiger partial charge in [-0.05, 0) is 18.2 Å². The molecule has 9 heteroatoms. The highest BCUT2D eigenvalue weighted by atomic mass is 35.5. The molecule has 1 aromatic carbocycles. The summed E-state index contributed by atoms with van der Waals surface area (Å²) in [6.07, 6.45) is 0. The van der Waals surface area contributed by atoms with Crippen molar-refractivity contribution in [1.82, 2.24) is 15.1 Å². The molecule has 26 heavy (non-hydrogen) atoms. The molecule has 2 fully saturated rings. The fourth-order valence-corrected chi connectivity index (χ4v) is 4.23. The Morgan fingerprint density at radius 2 is 1.65 bits per heavy atom. The zero-order valence-corrected chi connectivity index (χ0v) is 16.7. The molecule has 2 saturated heterocycles. The van der Waals surface area contributed by atoms with Gasteiger partial charge in [0, 0.05) is 56.5 Å². The molecule has 0 saturated carbocycles. The fourth-order valence-electron chi connectivity index (χ4n) is 3.04. The first-order chi connectivity index (χ1) is 12.5. The van der Waals surface area contributed by atoms with Gasteiger partial charge in [-0.1, -0.05) is 23.2 Å². The molecule has 3 rings (SSSR count). The Morgan fingerprint density at radius 1 is 0.962 bits per heavy atom. The minimum absolute atomic E-state index is 0.00640. The van der Waals surface area contributed by atoms with E-state index in [0.29, 0.717) is 36.2 Å². The molecule has 3 amide bonds. The minimum atomic E-state index is -0.182. The number of amides is 3. The van der Waals surface area contributed by atoms with Gasteiger partial charge in [0.1, 0.15) is 0 Å². The van der Waals surface area contributed by atoms with Gasteiger partial charge in [0.25, 0.3) is 0 Å². The van der Waals surface area contributed by atoms with Gasteiger partial charge in [0.15, 0.2) is 0 Å². The lowest BCUT2D eigenvalue weighted by Gasteiger charge is -2.36. The summed E-state index contributed by atoms with van der Waals surface area (Å²) in [5, 5.41) is 3.81. The molecule has 0 aliphatic carbocycles. The third-order valence-electron chi connectivity index (χ3n) is 4.59. The standard InChI is InChI=1S/C17H22Cl2N4O2S/c18-14-2-1-13(11-15(14)19)21-3-5-23(6-4-21)17(25)20-12-16(24)22-7-9-26-10-8-22/h1-2,11H,3-10,12H2,(H,20,25). The molecule has 2 aliphatic heterocycles. The monoisotopic (exact) mass is 416 g/mol. The predicted molar refractivity (Wildman–Crippen MR) is 108 cm³/mol. The van der Waals surface area contributed by atoms with Crippen LogP contribution in [-0.4, -0.2) is 79.1 Å². The van der Waals surface area contributed by atoms with Crippen LogP contribution in [0.5, 0.6) is 0 Å². The number of benzene rings is 1. The van der Waals surface area contributed by atoms with Crippen LogP contribution < -0.4 is 10.2 Å². The normalized spacial score (nSPS) is 18.0. The zero-order chi connectivity index (χ0) is 18.5. The molecule has 2 aliphatic rings. The maximum absolute atomic E-state index is 12.3. The lowest BCUT2D eigenvalue weighted by atomic mass is 10.2. The largest absolute Gasteiger partial charge is 0.368 e. The minimum Gasteiger partial charge on any atom is -0.368 e. The lowest BCUT2D eigenvalue weighted by Crippen LogP contribution is -2.53. The first kappa shape index (κ1) is 19.5. The number of rotatable bonds is 3. The average Bonchev–Trinajstić information content (AvgIpc) is 2.69. The smallest absolute Gasteiger partial charge is 0.317 e. The second-order valence-electron chi connectivity index (χ2n) is 6.22. The molecule has 0 aromatic heterocycles. The summed E-state index contributed by atoms with van der Waals surface area (Å²) in [7, 11) is 0. The summed E-state index contributed by atoms with van der Waals surface area (Å²) in [5.74, 6) is 1.93. The van der Waals surface area contributed by atoms with Crippen LogP contribution >= 0.6 is 35.0 Å². The molecule has 0 bridgehead atoms. The molecular weight excluding hydrogens is 395 g/mol. The molecule has 0 radical (unpaired) electrons. The Balaban J connectivity index is 1.44. The third kappa shape index (κ3) is 4.90. The molecule has 0 unspecified atom stereocenters. The van der Waals surface area contributed by atoms with Gasteiger partial charge in [0.05, 0.1) is 16.6 Å².